The average molecular weight is 444 g/mol. The molecule has 4 aromatic rings. The number of aryl methyl sites for hydroxylation is 2. The van der Waals surface area contributed by atoms with Crippen LogP contribution in [0.4, 0.5) is 10.1 Å². The zero-order valence-corrected chi connectivity index (χ0v) is 18.8. The summed E-state index contributed by atoms with van der Waals surface area (Å²) in [6.45, 7) is 5.77. The summed E-state index contributed by atoms with van der Waals surface area (Å²) in [5.74, 6) is 1.43. The SMILES string of the molecule is Cc1ccc(OCCn2c([C@H]3CC(=O)N(c4ccc(F)cc4)C3)nc3ccccc32)c(C)c1. The highest BCUT2D eigenvalue weighted by Gasteiger charge is 2.34. The molecule has 0 aliphatic carbocycles. The molecule has 0 unspecified atom stereocenters. The van der Waals surface area contributed by atoms with Crippen molar-refractivity contribution >= 4 is 22.6 Å². The molecule has 6 heteroatoms. The third-order valence-electron chi connectivity index (χ3n) is 6.22. The van der Waals surface area contributed by atoms with Crippen LogP contribution < -0.4 is 9.64 Å². The Morgan fingerprint density at radius 2 is 1.85 bits per heavy atom. The molecule has 0 saturated carbocycles. The van der Waals surface area contributed by atoms with E-state index in [0.717, 1.165) is 28.2 Å². The second kappa shape index (κ2) is 8.70. The lowest BCUT2D eigenvalue weighted by Gasteiger charge is -2.18. The lowest BCUT2D eigenvalue weighted by molar-refractivity contribution is -0.117. The van der Waals surface area contributed by atoms with Crippen molar-refractivity contribution in [3.8, 4) is 5.75 Å². The van der Waals surface area contributed by atoms with Crippen LogP contribution in [0, 0.1) is 19.7 Å². The summed E-state index contributed by atoms with van der Waals surface area (Å²) in [5.41, 5.74) is 4.97. The van der Waals surface area contributed by atoms with Gasteiger partial charge in [0.05, 0.1) is 17.6 Å². The Bertz CT molecular complexity index is 1310. The Hall–Kier alpha value is -3.67. The minimum Gasteiger partial charge on any atom is -0.491 e. The molecule has 168 valence electrons. The summed E-state index contributed by atoms with van der Waals surface area (Å²) in [5, 5.41) is 0. The molecule has 0 radical (unpaired) electrons. The predicted octanol–water partition coefficient (Wildman–Crippen LogP) is 5.39. The normalized spacial score (nSPS) is 16.0. The van der Waals surface area contributed by atoms with Gasteiger partial charge >= 0.3 is 0 Å². The van der Waals surface area contributed by atoms with Gasteiger partial charge in [0.15, 0.2) is 0 Å². The summed E-state index contributed by atoms with van der Waals surface area (Å²) in [6, 6.07) is 20.3. The van der Waals surface area contributed by atoms with Crippen molar-refractivity contribution in [1.29, 1.82) is 0 Å². The lowest BCUT2D eigenvalue weighted by Crippen LogP contribution is -2.24. The number of hydrogen-bond acceptors (Lipinski definition) is 3. The number of fused-ring (bicyclic) bond motifs is 1. The third-order valence-corrected chi connectivity index (χ3v) is 6.22. The number of amides is 1. The Kier molecular flexibility index (Phi) is 5.58. The van der Waals surface area contributed by atoms with E-state index < -0.39 is 0 Å². The van der Waals surface area contributed by atoms with Crippen LogP contribution in [0.15, 0.2) is 66.7 Å². The molecule has 1 fully saturated rings. The maximum atomic E-state index is 13.3. The fourth-order valence-electron chi connectivity index (χ4n) is 4.60. The first-order valence-corrected chi connectivity index (χ1v) is 11.2. The summed E-state index contributed by atoms with van der Waals surface area (Å²) in [7, 11) is 0. The summed E-state index contributed by atoms with van der Waals surface area (Å²) in [4.78, 5) is 19.4. The van der Waals surface area contributed by atoms with E-state index >= 15 is 0 Å². The number of benzene rings is 3. The summed E-state index contributed by atoms with van der Waals surface area (Å²) < 4.78 is 21.6. The number of rotatable bonds is 6. The van der Waals surface area contributed by atoms with Gasteiger partial charge in [-0.1, -0.05) is 29.8 Å². The number of anilines is 1. The van der Waals surface area contributed by atoms with Crippen molar-refractivity contribution in [1.82, 2.24) is 9.55 Å². The number of carbonyl (C=O) groups excluding carboxylic acids is 1. The van der Waals surface area contributed by atoms with Crippen LogP contribution in [0.5, 0.6) is 5.75 Å². The molecule has 1 aromatic heterocycles. The van der Waals surface area contributed by atoms with E-state index in [9.17, 15) is 9.18 Å². The molecular weight excluding hydrogens is 417 g/mol. The van der Waals surface area contributed by atoms with Crippen molar-refractivity contribution in [2.75, 3.05) is 18.1 Å². The molecule has 0 spiro atoms. The highest BCUT2D eigenvalue weighted by Crippen LogP contribution is 2.33. The first kappa shape index (κ1) is 21.2. The van der Waals surface area contributed by atoms with Gasteiger partial charge in [0, 0.05) is 24.6 Å². The summed E-state index contributed by atoms with van der Waals surface area (Å²) in [6.07, 6.45) is 0.374. The summed E-state index contributed by atoms with van der Waals surface area (Å²) >= 11 is 0. The molecule has 1 amide bonds. The van der Waals surface area contributed by atoms with Gasteiger partial charge in [0.2, 0.25) is 5.91 Å². The second-order valence-electron chi connectivity index (χ2n) is 8.61. The van der Waals surface area contributed by atoms with Gasteiger partial charge < -0.3 is 14.2 Å². The molecule has 1 atom stereocenters. The second-order valence-corrected chi connectivity index (χ2v) is 8.61. The molecule has 5 rings (SSSR count). The van der Waals surface area contributed by atoms with Crippen molar-refractivity contribution in [3.63, 3.8) is 0 Å². The minimum atomic E-state index is -0.312. The van der Waals surface area contributed by atoms with Crippen LogP contribution in [0.2, 0.25) is 0 Å². The van der Waals surface area contributed by atoms with Crippen molar-refractivity contribution in [2.45, 2.75) is 32.7 Å². The van der Waals surface area contributed by atoms with Crippen LogP contribution in [0.3, 0.4) is 0 Å². The average Bonchev–Trinajstić information content (AvgIpc) is 3.36. The highest BCUT2D eigenvalue weighted by atomic mass is 19.1. The maximum Gasteiger partial charge on any atom is 0.227 e. The standard InChI is InChI=1S/C27H26FN3O2/c1-18-7-12-25(19(2)15-18)33-14-13-30-24-6-4-3-5-23(24)29-27(30)20-16-26(32)31(17-20)22-10-8-21(28)9-11-22/h3-12,15,20H,13-14,16-17H2,1-2H3/t20-/m0/s1. The van der Waals surface area contributed by atoms with E-state index in [0.29, 0.717) is 31.8 Å². The van der Waals surface area contributed by atoms with Gasteiger partial charge in [-0.15, -0.1) is 0 Å². The molecule has 1 aliphatic rings. The Morgan fingerprint density at radius 1 is 1.06 bits per heavy atom. The number of ether oxygens (including phenoxy) is 1. The lowest BCUT2D eigenvalue weighted by atomic mass is 10.1. The van der Waals surface area contributed by atoms with Crippen molar-refractivity contribution < 1.29 is 13.9 Å². The molecule has 1 aliphatic heterocycles. The molecule has 33 heavy (non-hydrogen) atoms. The quantitative estimate of drug-likeness (QED) is 0.401. The van der Waals surface area contributed by atoms with E-state index in [1.807, 2.05) is 24.3 Å². The molecule has 1 saturated heterocycles. The van der Waals surface area contributed by atoms with Crippen LogP contribution in [0.1, 0.15) is 29.3 Å². The number of halogens is 1. The Balaban J connectivity index is 1.40. The van der Waals surface area contributed by atoms with Crippen LogP contribution >= 0.6 is 0 Å². The van der Waals surface area contributed by atoms with E-state index in [2.05, 4.69) is 36.6 Å². The molecule has 5 nitrogen and oxygen atoms in total. The topological polar surface area (TPSA) is 47.4 Å². The molecule has 0 bridgehead atoms. The van der Waals surface area contributed by atoms with Gasteiger partial charge in [-0.3, -0.25) is 4.79 Å². The number of aromatic nitrogens is 2. The number of nitrogens with zero attached hydrogens (tertiary/aromatic N) is 3. The van der Waals surface area contributed by atoms with Gasteiger partial charge in [-0.25, -0.2) is 9.37 Å². The minimum absolute atomic E-state index is 0.0248. The number of imidazole rings is 1. The van der Waals surface area contributed by atoms with E-state index in [1.165, 1.54) is 17.7 Å². The molecule has 3 aromatic carbocycles. The number of para-hydroxylation sites is 2. The van der Waals surface area contributed by atoms with Gasteiger partial charge in [0.25, 0.3) is 0 Å². The fraction of sp³-hybridized carbons (Fsp3) is 0.259. The van der Waals surface area contributed by atoms with E-state index in [-0.39, 0.29) is 17.6 Å². The maximum absolute atomic E-state index is 13.3. The van der Waals surface area contributed by atoms with E-state index in [1.54, 1.807) is 17.0 Å². The smallest absolute Gasteiger partial charge is 0.227 e. The first-order chi connectivity index (χ1) is 16.0. The van der Waals surface area contributed by atoms with Gasteiger partial charge in [0.1, 0.15) is 24.0 Å². The van der Waals surface area contributed by atoms with Crippen molar-refractivity contribution in [3.05, 3.63) is 89.5 Å². The number of carbonyl (C=O) groups is 1. The monoisotopic (exact) mass is 443 g/mol. The van der Waals surface area contributed by atoms with Gasteiger partial charge in [-0.2, -0.15) is 0 Å². The zero-order valence-electron chi connectivity index (χ0n) is 18.8. The molecule has 0 N–H and O–H groups in total. The van der Waals surface area contributed by atoms with Crippen molar-refractivity contribution in [2.24, 2.45) is 0 Å². The Morgan fingerprint density at radius 3 is 2.64 bits per heavy atom. The van der Waals surface area contributed by atoms with Crippen LogP contribution in [-0.4, -0.2) is 28.6 Å². The number of hydrogen-bond donors (Lipinski definition) is 0. The highest BCUT2D eigenvalue weighted by molar-refractivity contribution is 5.96. The first-order valence-electron chi connectivity index (χ1n) is 11.2. The fourth-order valence-corrected chi connectivity index (χ4v) is 4.60. The largest absolute Gasteiger partial charge is 0.491 e. The Labute approximate surface area is 192 Å². The van der Waals surface area contributed by atoms with Gasteiger partial charge in [-0.05, 0) is 61.9 Å². The van der Waals surface area contributed by atoms with Crippen LogP contribution in [0.25, 0.3) is 11.0 Å². The zero-order chi connectivity index (χ0) is 22.9. The third kappa shape index (κ3) is 4.21. The molecule has 2 heterocycles. The van der Waals surface area contributed by atoms with Crippen LogP contribution in [-0.2, 0) is 11.3 Å². The predicted molar refractivity (Wildman–Crippen MR) is 127 cm³/mol. The van der Waals surface area contributed by atoms with E-state index in [4.69, 9.17) is 9.72 Å². The molecular formula is C27H26FN3O2.